The minimum absolute atomic E-state index is 0.101. The van der Waals surface area contributed by atoms with Gasteiger partial charge in [0.25, 0.3) is 0 Å². The summed E-state index contributed by atoms with van der Waals surface area (Å²) in [6, 6.07) is 13.1. The van der Waals surface area contributed by atoms with Gasteiger partial charge >= 0.3 is 0 Å². The molecule has 0 fully saturated rings. The molecule has 2 rings (SSSR count). The van der Waals surface area contributed by atoms with Crippen LogP contribution in [0.3, 0.4) is 0 Å². The number of benzene rings is 2. The number of ether oxygens (including phenoxy) is 1. The van der Waals surface area contributed by atoms with Gasteiger partial charge in [-0.1, -0.05) is 29.8 Å². The van der Waals surface area contributed by atoms with Crippen molar-refractivity contribution in [1.29, 1.82) is 0 Å². The van der Waals surface area contributed by atoms with E-state index in [2.05, 4.69) is 18.3 Å². The Morgan fingerprint density at radius 2 is 2.00 bits per heavy atom. The molecular weight excluding hydrogens is 285 g/mol. The fourth-order valence-electron chi connectivity index (χ4n) is 2.19. The number of hydrogen-bond acceptors (Lipinski definition) is 3. The van der Waals surface area contributed by atoms with Gasteiger partial charge in [0, 0.05) is 22.3 Å². The van der Waals surface area contributed by atoms with Crippen molar-refractivity contribution >= 4 is 11.8 Å². The number of hydrogen-bond donors (Lipinski definition) is 1. The fraction of sp³-hybridized carbons (Fsp3) is 0.294. The molecule has 4 heteroatoms. The minimum Gasteiger partial charge on any atom is -0.496 e. The zero-order valence-electron chi connectivity index (χ0n) is 12.5. The third kappa shape index (κ3) is 3.99. The van der Waals surface area contributed by atoms with E-state index in [1.54, 1.807) is 19.2 Å². The molecule has 0 amide bonds. The molecule has 0 heterocycles. The number of thioether (sulfide) groups is 1. The minimum atomic E-state index is -0.173. The van der Waals surface area contributed by atoms with E-state index in [9.17, 15) is 4.39 Å². The highest BCUT2D eigenvalue weighted by Crippen LogP contribution is 2.31. The number of aryl methyl sites for hydroxylation is 1. The Labute approximate surface area is 129 Å². The molecule has 0 bridgehead atoms. The van der Waals surface area contributed by atoms with Crippen LogP contribution in [-0.2, 0) is 0 Å². The summed E-state index contributed by atoms with van der Waals surface area (Å²) < 4.78 is 19.1. The van der Waals surface area contributed by atoms with Crippen LogP contribution in [0.25, 0.3) is 0 Å². The molecule has 0 saturated heterocycles. The van der Waals surface area contributed by atoms with Crippen molar-refractivity contribution in [2.75, 3.05) is 19.9 Å². The average molecular weight is 305 g/mol. The second-order valence-corrected chi connectivity index (χ2v) is 5.89. The zero-order chi connectivity index (χ0) is 15.2. The number of methoxy groups -OCH3 is 1. The largest absolute Gasteiger partial charge is 0.496 e. The van der Waals surface area contributed by atoms with Crippen molar-refractivity contribution in [3.05, 3.63) is 59.4 Å². The maximum absolute atomic E-state index is 13.7. The van der Waals surface area contributed by atoms with Crippen LogP contribution in [0.2, 0.25) is 0 Å². The predicted molar refractivity (Wildman–Crippen MR) is 86.7 cm³/mol. The second-order valence-electron chi connectivity index (χ2n) is 4.83. The van der Waals surface area contributed by atoms with Crippen molar-refractivity contribution in [1.82, 2.24) is 5.32 Å². The van der Waals surface area contributed by atoms with Gasteiger partial charge < -0.3 is 10.1 Å². The molecule has 1 N–H and O–H groups in total. The van der Waals surface area contributed by atoms with Gasteiger partial charge in [-0.3, -0.25) is 0 Å². The first kappa shape index (κ1) is 15.9. The number of halogens is 1. The molecule has 2 nitrogen and oxygen atoms in total. The first-order chi connectivity index (χ1) is 10.2. The maximum Gasteiger partial charge on any atom is 0.136 e. The highest BCUT2D eigenvalue weighted by Gasteiger charge is 2.16. The van der Waals surface area contributed by atoms with Gasteiger partial charge in [-0.25, -0.2) is 4.39 Å². The Bertz CT molecular complexity index is 603. The summed E-state index contributed by atoms with van der Waals surface area (Å²) in [6.07, 6.45) is 0. The van der Waals surface area contributed by atoms with Gasteiger partial charge in [0.05, 0.1) is 7.11 Å². The monoisotopic (exact) mass is 305 g/mol. The SMILES string of the molecule is CNC(CSc1ccccc1F)c1cc(C)ccc1OC. The number of nitrogens with one attached hydrogen (secondary N) is 1. The van der Waals surface area contributed by atoms with Crippen LogP contribution in [0.15, 0.2) is 47.4 Å². The Morgan fingerprint density at radius 3 is 2.67 bits per heavy atom. The Kier molecular flexibility index (Phi) is 5.65. The van der Waals surface area contributed by atoms with E-state index >= 15 is 0 Å². The van der Waals surface area contributed by atoms with Gasteiger partial charge in [-0.2, -0.15) is 0 Å². The van der Waals surface area contributed by atoms with Crippen LogP contribution < -0.4 is 10.1 Å². The molecule has 2 aromatic rings. The smallest absolute Gasteiger partial charge is 0.136 e. The summed E-state index contributed by atoms with van der Waals surface area (Å²) in [6.45, 7) is 2.06. The van der Waals surface area contributed by atoms with Gasteiger partial charge in [0.1, 0.15) is 11.6 Å². The Balaban J connectivity index is 2.17. The summed E-state index contributed by atoms with van der Waals surface area (Å²) in [7, 11) is 3.58. The predicted octanol–water partition coefficient (Wildman–Crippen LogP) is 4.20. The zero-order valence-corrected chi connectivity index (χ0v) is 13.3. The summed E-state index contributed by atoms with van der Waals surface area (Å²) in [4.78, 5) is 0.671. The van der Waals surface area contributed by atoms with E-state index < -0.39 is 0 Å². The first-order valence-electron chi connectivity index (χ1n) is 6.85. The quantitative estimate of drug-likeness (QED) is 0.808. The molecule has 0 aromatic heterocycles. The van der Waals surface area contributed by atoms with Crippen molar-refractivity contribution in [3.63, 3.8) is 0 Å². The first-order valence-corrected chi connectivity index (χ1v) is 7.83. The lowest BCUT2D eigenvalue weighted by Crippen LogP contribution is -2.19. The van der Waals surface area contributed by atoms with E-state index in [1.807, 2.05) is 25.2 Å². The van der Waals surface area contributed by atoms with E-state index in [0.29, 0.717) is 4.90 Å². The van der Waals surface area contributed by atoms with E-state index in [-0.39, 0.29) is 11.9 Å². The summed E-state index contributed by atoms with van der Waals surface area (Å²) in [5, 5.41) is 3.29. The molecule has 21 heavy (non-hydrogen) atoms. The lowest BCUT2D eigenvalue weighted by molar-refractivity contribution is 0.404. The molecule has 1 unspecified atom stereocenters. The summed E-state index contributed by atoms with van der Waals surface area (Å²) >= 11 is 1.51. The van der Waals surface area contributed by atoms with Gasteiger partial charge in [-0.05, 0) is 32.2 Å². The molecule has 0 aliphatic heterocycles. The fourth-order valence-corrected chi connectivity index (χ4v) is 3.26. The van der Waals surface area contributed by atoms with Crippen LogP contribution in [0.4, 0.5) is 4.39 Å². The van der Waals surface area contributed by atoms with Crippen molar-refractivity contribution in [3.8, 4) is 5.75 Å². The van der Waals surface area contributed by atoms with E-state index in [0.717, 1.165) is 17.1 Å². The topological polar surface area (TPSA) is 21.3 Å². The summed E-state index contributed by atoms with van der Waals surface area (Å²) in [5.41, 5.74) is 2.28. The molecule has 112 valence electrons. The molecule has 0 aliphatic carbocycles. The molecule has 0 radical (unpaired) electrons. The lowest BCUT2D eigenvalue weighted by Gasteiger charge is -2.20. The lowest BCUT2D eigenvalue weighted by atomic mass is 10.0. The normalized spacial score (nSPS) is 12.2. The average Bonchev–Trinajstić information content (AvgIpc) is 2.50. The molecule has 1 atom stereocenters. The third-order valence-corrected chi connectivity index (χ3v) is 4.49. The van der Waals surface area contributed by atoms with Crippen molar-refractivity contribution < 1.29 is 9.13 Å². The standard InChI is InChI=1S/C17H20FNOS/c1-12-8-9-16(20-3)13(10-12)15(19-2)11-21-17-7-5-4-6-14(17)18/h4-10,15,19H,11H2,1-3H3. The molecule has 0 aliphatic rings. The highest BCUT2D eigenvalue weighted by molar-refractivity contribution is 7.99. The number of rotatable bonds is 6. The van der Waals surface area contributed by atoms with Crippen LogP contribution in [0, 0.1) is 12.7 Å². The van der Waals surface area contributed by atoms with Gasteiger partial charge in [0.15, 0.2) is 0 Å². The van der Waals surface area contributed by atoms with Gasteiger partial charge in [-0.15, -0.1) is 11.8 Å². The van der Waals surface area contributed by atoms with Crippen molar-refractivity contribution in [2.24, 2.45) is 0 Å². The van der Waals surface area contributed by atoms with E-state index in [1.165, 1.54) is 23.4 Å². The van der Waals surface area contributed by atoms with Crippen LogP contribution in [0.5, 0.6) is 5.75 Å². The van der Waals surface area contributed by atoms with Crippen LogP contribution in [0.1, 0.15) is 17.2 Å². The molecule has 2 aromatic carbocycles. The van der Waals surface area contributed by atoms with Crippen LogP contribution in [-0.4, -0.2) is 19.9 Å². The van der Waals surface area contributed by atoms with Crippen molar-refractivity contribution in [2.45, 2.75) is 17.9 Å². The Morgan fingerprint density at radius 1 is 1.24 bits per heavy atom. The molecule has 0 saturated carbocycles. The third-order valence-electron chi connectivity index (χ3n) is 3.35. The highest BCUT2D eigenvalue weighted by atomic mass is 32.2. The van der Waals surface area contributed by atoms with Gasteiger partial charge in [0.2, 0.25) is 0 Å². The van der Waals surface area contributed by atoms with E-state index in [4.69, 9.17) is 4.74 Å². The van der Waals surface area contributed by atoms with Crippen LogP contribution >= 0.6 is 11.8 Å². The Hall–Kier alpha value is -1.52. The molecular formula is C17H20FNOS. The second kappa shape index (κ2) is 7.48. The molecule has 0 spiro atoms. The summed E-state index contributed by atoms with van der Waals surface area (Å²) in [5.74, 6) is 1.42. The maximum atomic E-state index is 13.7.